The molecule has 2 atom stereocenters. The average Bonchev–Trinajstić information content (AvgIpc) is 3.12. The zero-order chi connectivity index (χ0) is 21.1. The third-order valence-corrected chi connectivity index (χ3v) is 5.79. The first kappa shape index (κ1) is 20.3. The first-order chi connectivity index (χ1) is 14.6. The fourth-order valence-corrected chi connectivity index (χ4v) is 4.11. The molecule has 0 fully saturated rings. The maximum absolute atomic E-state index is 13.1. The Morgan fingerprint density at radius 2 is 1.97 bits per heavy atom. The van der Waals surface area contributed by atoms with Crippen molar-refractivity contribution in [1.29, 1.82) is 0 Å². The van der Waals surface area contributed by atoms with Crippen molar-refractivity contribution in [3.63, 3.8) is 0 Å². The number of nitrogens with zero attached hydrogens (tertiary/aromatic N) is 3. The van der Waals surface area contributed by atoms with Gasteiger partial charge in [0, 0.05) is 18.7 Å². The highest BCUT2D eigenvalue weighted by Gasteiger charge is 2.40. The van der Waals surface area contributed by atoms with Gasteiger partial charge in [0.15, 0.2) is 0 Å². The molecule has 0 unspecified atom stereocenters. The van der Waals surface area contributed by atoms with Crippen molar-refractivity contribution < 1.29 is 9.53 Å². The lowest BCUT2D eigenvalue weighted by Crippen LogP contribution is -2.44. The molecule has 2 aliphatic rings. The standard InChI is InChI=1S/C23H25ClN4O2/c1-16-21(23(29)26-27-14-6-3-7-15-27)25-28(20-9-5-4-8-19(20)24)22(16)17-10-12-18(30-2)13-11-17/h4-6,8-14,16,22H,3,7,15H2,1-2H3,(H,26,29)/t16-,22+/m0/s1. The molecule has 2 aromatic rings. The van der Waals surface area contributed by atoms with Gasteiger partial charge in [-0.15, -0.1) is 0 Å². The molecular formula is C23H25ClN4O2. The number of halogens is 1. The average molecular weight is 425 g/mol. The van der Waals surface area contributed by atoms with Crippen LogP contribution in [0.2, 0.25) is 5.02 Å². The number of nitrogens with one attached hydrogen (secondary N) is 1. The first-order valence-corrected chi connectivity index (χ1v) is 10.5. The molecule has 1 amide bonds. The predicted octanol–water partition coefficient (Wildman–Crippen LogP) is 4.54. The van der Waals surface area contributed by atoms with E-state index in [1.54, 1.807) is 7.11 Å². The van der Waals surface area contributed by atoms with Gasteiger partial charge in [-0.2, -0.15) is 5.10 Å². The number of hydrogen-bond donors (Lipinski definition) is 1. The van der Waals surface area contributed by atoms with E-state index in [4.69, 9.17) is 21.4 Å². The molecule has 0 spiro atoms. The molecule has 156 valence electrons. The third kappa shape index (κ3) is 4.00. The molecule has 0 bridgehead atoms. The van der Waals surface area contributed by atoms with Crippen LogP contribution in [-0.4, -0.2) is 30.3 Å². The number of ether oxygens (including phenoxy) is 1. The molecule has 0 aliphatic carbocycles. The number of amides is 1. The van der Waals surface area contributed by atoms with Crippen molar-refractivity contribution in [3.8, 4) is 5.75 Å². The van der Waals surface area contributed by atoms with E-state index < -0.39 is 0 Å². The number of anilines is 1. The second-order valence-corrected chi connectivity index (χ2v) is 7.86. The lowest BCUT2D eigenvalue weighted by atomic mass is 9.91. The van der Waals surface area contributed by atoms with E-state index >= 15 is 0 Å². The largest absolute Gasteiger partial charge is 0.497 e. The fourth-order valence-electron chi connectivity index (χ4n) is 3.89. The van der Waals surface area contributed by atoms with Gasteiger partial charge < -0.3 is 4.74 Å². The van der Waals surface area contributed by atoms with E-state index in [1.165, 1.54) is 0 Å². The quantitative estimate of drug-likeness (QED) is 0.765. The van der Waals surface area contributed by atoms with Crippen LogP contribution in [0, 0.1) is 5.92 Å². The minimum Gasteiger partial charge on any atom is -0.497 e. The van der Waals surface area contributed by atoms with Crippen molar-refractivity contribution in [2.75, 3.05) is 18.7 Å². The van der Waals surface area contributed by atoms with Gasteiger partial charge in [-0.1, -0.05) is 48.9 Å². The van der Waals surface area contributed by atoms with Crippen LogP contribution in [0.5, 0.6) is 5.75 Å². The first-order valence-electron chi connectivity index (χ1n) is 10.1. The topological polar surface area (TPSA) is 57.2 Å². The molecule has 2 aromatic carbocycles. The van der Waals surface area contributed by atoms with Crippen LogP contribution in [0.25, 0.3) is 0 Å². The Morgan fingerprint density at radius 3 is 2.63 bits per heavy atom. The van der Waals surface area contributed by atoms with E-state index in [2.05, 4.69) is 11.5 Å². The van der Waals surface area contributed by atoms with Crippen LogP contribution in [-0.2, 0) is 4.79 Å². The summed E-state index contributed by atoms with van der Waals surface area (Å²) in [6.07, 6.45) is 6.01. The number of rotatable bonds is 5. The van der Waals surface area contributed by atoms with Crippen LogP contribution in [0.4, 0.5) is 5.69 Å². The van der Waals surface area contributed by atoms with Gasteiger partial charge in [0.2, 0.25) is 0 Å². The van der Waals surface area contributed by atoms with Gasteiger partial charge in [-0.3, -0.25) is 20.2 Å². The summed E-state index contributed by atoms with van der Waals surface area (Å²) < 4.78 is 5.29. The zero-order valence-corrected chi connectivity index (χ0v) is 17.8. The summed E-state index contributed by atoms with van der Waals surface area (Å²) >= 11 is 6.49. The minimum atomic E-state index is -0.192. The number of para-hydroxylation sites is 1. The van der Waals surface area contributed by atoms with Gasteiger partial charge in [0.25, 0.3) is 5.91 Å². The van der Waals surface area contributed by atoms with Gasteiger partial charge in [-0.25, -0.2) is 0 Å². The lowest BCUT2D eigenvalue weighted by molar-refractivity contribution is -0.118. The monoisotopic (exact) mass is 424 g/mol. The highest BCUT2D eigenvalue weighted by molar-refractivity contribution is 6.40. The summed E-state index contributed by atoms with van der Waals surface area (Å²) in [5.74, 6) is 0.454. The van der Waals surface area contributed by atoms with E-state index in [-0.39, 0.29) is 17.9 Å². The summed E-state index contributed by atoms with van der Waals surface area (Å²) in [4.78, 5) is 13.1. The molecule has 0 saturated heterocycles. The maximum Gasteiger partial charge on any atom is 0.286 e. The van der Waals surface area contributed by atoms with E-state index in [0.29, 0.717) is 10.7 Å². The summed E-state index contributed by atoms with van der Waals surface area (Å²) in [6, 6.07) is 15.3. The van der Waals surface area contributed by atoms with Gasteiger partial charge in [0.05, 0.1) is 23.9 Å². The van der Waals surface area contributed by atoms with Crippen LogP contribution in [0.1, 0.15) is 31.4 Å². The number of hydrazone groups is 1. The number of hydrazine groups is 1. The Hall–Kier alpha value is -2.99. The Morgan fingerprint density at radius 1 is 1.20 bits per heavy atom. The maximum atomic E-state index is 13.1. The minimum absolute atomic E-state index is 0.136. The van der Waals surface area contributed by atoms with Crippen molar-refractivity contribution >= 4 is 28.9 Å². The van der Waals surface area contributed by atoms with Gasteiger partial charge in [-0.05, 0) is 42.7 Å². The molecular weight excluding hydrogens is 400 g/mol. The van der Waals surface area contributed by atoms with Gasteiger partial charge in [0.1, 0.15) is 11.5 Å². The predicted molar refractivity (Wildman–Crippen MR) is 119 cm³/mol. The van der Waals surface area contributed by atoms with Crippen LogP contribution in [0.3, 0.4) is 0 Å². The SMILES string of the molecule is COc1ccc([C@H]2[C@@H](C)C(C(=O)NN3C=CCCC3)=NN2c2ccccc2Cl)cc1. The van der Waals surface area contributed by atoms with Crippen LogP contribution in [0.15, 0.2) is 65.9 Å². The summed E-state index contributed by atoms with van der Waals surface area (Å²) in [6.45, 7) is 2.82. The molecule has 0 saturated carbocycles. The van der Waals surface area contributed by atoms with Gasteiger partial charge >= 0.3 is 0 Å². The van der Waals surface area contributed by atoms with E-state index in [1.807, 2.05) is 71.7 Å². The summed E-state index contributed by atoms with van der Waals surface area (Å²) in [5.41, 5.74) is 5.25. The second kappa shape index (κ2) is 8.79. The number of carbonyl (C=O) groups excluding carboxylic acids is 1. The molecule has 2 aliphatic heterocycles. The van der Waals surface area contributed by atoms with Crippen LogP contribution < -0.4 is 15.2 Å². The Bertz CT molecular complexity index is 973. The molecule has 30 heavy (non-hydrogen) atoms. The zero-order valence-electron chi connectivity index (χ0n) is 17.1. The molecule has 6 nitrogen and oxygen atoms in total. The molecule has 0 aromatic heterocycles. The van der Waals surface area contributed by atoms with Crippen molar-refractivity contribution in [2.24, 2.45) is 11.0 Å². The summed E-state index contributed by atoms with van der Waals surface area (Å²) in [5, 5.41) is 9.01. The van der Waals surface area contributed by atoms with Crippen molar-refractivity contribution in [1.82, 2.24) is 10.4 Å². The Labute approximate surface area is 181 Å². The molecule has 7 heteroatoms. The smallest absolute Gasteiger partial charge is 0.286 e. The highest BCUT2D eigenvalue weighted by atomic mass is 35.5. The number of hydrogen-bond acceptors (Lipinski definition) is 5. The fraction of sp³-hybridized carbons (Fsp3) is 0.304. The van der Waals surface area contributed by atoms with Crippen molar-refractivity contribution in [2.45, 2.75) is 25.8 Å². The van der Waals surface area contributed by atoms with E-state index in [9.17, 15) is 4.79 Å². The molecule has 2 heterocycles. The Kier molecular flexibility index (Phi) is 5.95. The lowest BCUT2D eigenvalue weighted by Gasteiger charge is -2.28. The highest BCUT2D eigenvalue weighted by Crippen LogP contribution is 2.41. The number of carbonyl (C=O) groups is 1. The van der Waals surface area contributed by atoms with Crippen LogP contribution >= 0.6 is 11.6 Å². The summed E-state index contributed by atoms with van der Waals surface area (Å²) in [7, 11) is 1.64. The molecule has 4 rings (SSSR count). The third-order valence-electron chi connectivity index (χ3n) is 5.47. The number of allylic oxidation sites excluding steroid dienone is 1. The van der Waals surface area contributed by atoms with Crippen molar-refractivity contribution in [3.05, 3.63) is 71.4 Å². The second-order valence-electron chi connectivity index (χ2n) is 7.45. The normalized spacial score (nSPS) is 20.8. The number of benzene rings is 2. The number of methoxy groups -OCH3 is 1. The van der Waals surface area contributed by atoms with E-state index in [0.717, 1.165) is 36.4 Å². The molecule has 1 N–H and O–H groups in total. The molecule has 0 radical (unpaired) electrons. The Balaban J connectivity index is 1.68.